The molecule has 0 unspecified atom stereocenters. The molecule has 0 spiro atoms. The van der Waals surface area contributed by atoms with Gasteiger partial charge in [-0.3, -0.25) is 0 Å². The minimum atomic E-state index is -0.258. The normalized spacial score (nSPS) is 10.5. The van der Waals surface area contributed by atoms with E-state index in [-0.39, 0.29) is 21.1 Å². The average molecular weight is 513 g/mol. The molecule has 146 valence electrons. The summed E-state index contributed by atoms with van der Waals surface area (Å²) < 4.78 is 9.32. The van der Waals surface area contributed by atoms with Crippen LogP contribution in [0.25, 0.3) is 21.9 Å². The van der Waals surface area contributed by atoms with Crippen LogP contribution in [0.1, 0.15) is 11.1 Å². The van der Waals surface area contributed by atoms with Crippen molar-refractivity contribution in [2.45, 2.75) is 8.87 Å². The Hall–Kier alpha value is -2.43. The quantitative estimate of drug-likeness (QED) is 0.141. The fraction of sp³-hybridized carbons (Fsp3) is 0.0741. The van der Waals surface area contributed by atoms with Crippen molar-refractivity contribution in [1.82, 2.24) is 0 Å². The monoisotopic (exact) mass is 514 g/mol. The fourth-order valence-corrected chi connectivity index (χ4v) is 6.98. The molecule has 5 aromatic rings. The van der Waals surface area contributed by atoms with Gasteiger partial charge in [-0.2, -0.15) is 0 Å². The van der Waals surface area contributed by atoms with Crippen molar-refractivity contribution in [3.8, 4) is 0 Å². The number of para-hydroxylation sites is 2. The second-order valence-electron chi connectivity index (χ2n) is 7.00. The van der Waals surface area contributed by atoms with Crippen LogP contribution in [0.5, 0.6) is 0 Å². The summed E-state index contributed by atoms with van der Waals surface area (Å²) in [7, 11) is 0. The second-order valence-corrected chi connectivity index (χ2v) is 10.9. The summed E-state index contributed by atoms with van der Waals surface area (Å²) in [5.74, 6) is 0. The number of fused-ring (bicyclic) bond motifs is 2. The molecule has 0 bridgehead atoms. The van der Waals surface area contributed by atoms with Crippen molar-refractivity contribution in [3.63, 3.8) is 0 Å². The first kappa shape index (κ1) is 20.8. The first-order valence-corrected chi connectivity index (χ1v) is 14.4. The molecule has 0 saturated carbocycles. The van der Waals surface area contributed by atoms with Crippen molar-refractivity contribution >= 4 is 55.3 Å². The summed E-state index contributed by atoms with van der Waals surface area (Å²) in [6, 6.07) is 37.4. The molecule has 3 heteroatoms. The standard InChI is InChI=1S/C13H8OS.2C7H7.Sn/c15-13-9-5-1-3-7-11(9)14-12-8-4-2-6-10(12)13;2*1-7-5-3-2-4-6-7;/h1-8H;2*2-6H,1H2;. The first-order valence-electron chi connectivity index (χ1n) is 10.0. The van der Waals surface area contributed by atoms with Gasteiger partial charge in [0.15, 0.2) is 0 Å². The molecule has 0 atom stereocenters. The molecule has 0 aliphatic heterocycles. The SMILES string of the molecule is S=c1c2ccccc2oc2ccccc12.c1ccc([CH2][Sn][CH2]c2ccccc2)cc1. The molecule has 1 heterocycles. The van der Waals surface area contributed by atoms with Gasteiger partial charge >= 0.3 is 102 Å². The molecule has 2 radical (unpaired) electrons. The zero-order chi connectivity index (χ0) is 20.6. The topological polar surface area (TPSA) is 13.1 Å². The van der Waals surface area contributed by atoms with E-state index in [9.17, 15) is 0 Å². The average Bonchev–Trinajstić information content (AvgIpc) is 2.81. The van der Waals surface area contributed by atoms with E-state index in [1.807, 2.05) is 48.5 Å². The third-order valence-corrected chi connectivity index (χ3v) is 9.02. The molecule has 30 heavy (non-hydrogen) atoms. The number of benzene rings is 4. The van der Waals surface area contributed by atoms with Crippen molar-refractivity contribution < 1.29 is 4.42 Å². The molecule has 1 aromatic heterocycles. The van der Waals surface area contributed by atoms with Gasteiger partial charge in [0.25, 0.3) is 0 Å². The molecule has 0 saturated heterocycles. The van der Waals surface area contributed by atoms with E-state index in [4.69, 9.17) is 16.6 Å². The van der Waals surface area contributed by atoms with Crippen molar-refractivity contribution in [3.05, 3.63) is 125 Å². The molecule has 0 N–H and O–H groups in total. The van der Waals surface area contributed by atoms with Gasteiger partial charge in [-0.1, -0.05) is 36.5 Å². The Morgan fingerprint density at radius 1 is 0.533 bits per heavy atom. The Balaban J connectivity index is 0.000000145. The summed E-state index contributed by atoms with van der Waals surface area (Å²) in [5, 5.41) is 2.01. The van der Waals surface area contributed by atoms with Crippen LogP contribution >= 0.6 is 12.2 Å². The third-order valence-electron chi connectivity index (χ3n) is 4.83. The zero-order valence-corrected chi connectivity index (χ0v) is 20.3. The minimum absolute atomic E-state index is 0.258. The van der Waals surface area contributed by atoms with E-state index < -0.39 is 0 Å². The summed E-state index contributed by atoms with van der Waals surface area (Å²) in [6.45, 7) is 0. The van der Waals surface area contributed by atoms with Crippen LogP contribution in [-0.4, -0.2) is 21.1 Å². The summed E-state index contributed by atoms with van der Waals surface area (Å²) in [6.07, 6.45) is 0. The second kappa shape index (κ2) is 10.6. The van der Waals surface area contributed by atoms with Crippen molar-refractivity contribution in [2.75, 3.05) is 0 Å². The van der Waals surface area contributed by atoms with Gasteiger partial charge in [-0.25, -0.2) is 0 Å². The maximum absolute atomic E-state index is 5.76. The Kier molecular flexibility index (Phi) is 7.33. The molecule has 0 fully saturated rings. The molecular formula is C27H22OSSn. The predicted octanol–water partition coefficient (Wildman–Crippen LogP) is 7.41. The van der Waals surface area contributed by atoms with E-state index in [2.05, 4.69) is 60.7 Å². The summed E-state index contributed by atoms with van der Waals surface area (Å²) >= 11 is 5.18. The molecule has 1 nitrogen and oxygen atoms in total. The maximum atomic E-state index is 5.76. The molecule has 4 aromatic carbocycles. The third kappa shape index (κ3) is 5.38. The van der Waals surface area contributed by atoms with E-state index >= 15 is 0 Å². The van der Waals surface area contributed by atoms with Gasteiger partial charge in [0.1, 0.15) is 11.2 Å². The Morgan fingerprint density at radius 2 is 0.933 bits per heavy atom. The van der Waals surface area contributed by atoms with Crippen LogP contribution in [-0.2, 0) is 8.87 Å². The number of hydrogen-bond acceptors (Lipinski definition) is 2. The van der Waals surface area contributed by atoms with Crippen LogP contribution in [0.3, 0.4) is 0 Å². The van der Waals surface area contributed by atoms with Crippen LogP contribution < -0.4 is 0 Å². The van der Waals surface area contributed by atoms with E-state index in [0.717, 1.165) is 26.4 Å². The van der Waals surface area contributed by atoms with Gasteiger partial charge in [0, 0.05) is 10.8 Å². The summed E-state index contributed by atoms with van der Waals surface area (Å²) in [4.78, 5) is 0. The molecule has 5 rings (SSSR count). The van der Waals surface area contributed by atoms with Crippen LogP contribution in [0.2, 0.25) is 0 Å². The van der Waals surface area contributed by atoms with Crippen LogP contribution in [0.15, 0.2) is 114 Å². The van der Waals surface area contributed by atoms with Crippen molar-refractivity contribution in [2.24, 2.45) is 0 Å². The Labute approximate surface area is 192 Å². The van der Waals surface area contributed by atoms with E-state index in [1.54, 1.807) is 0 Å². The zero-order valence-electron chi connectivity index (χ0n) is 16.6. The molecular weight excluding hydrogens is 491 g/mol. The summed E-state index contributed by atoms with van der Waals surface area (Å²) in [5.41, 5.74) is 4.72. The van der Waals surface area contributed by atoms with Gasteiger partial charge in [-0.05, 0) is 24.3 Å². The molecule has 0 amide bonds. The molecule has 0 aliphatic rings. The Bertz CT molecular complexity index is 1180. The van der Waals surface area contributed by atoms with Gasteiger partial charge in [0.2, 0.25) is 0 Å². The first-order chi connectivity index (χ1) is 14.8. The predicted molar refractivity (Wildman–Crippen MR) is 131 cm³/mol. The van der Waals surface area contributed by atoms with Crippen LogP contribution in [0.4, 0.5) is 0 Å². The van der Waals surface area contributed by atoms with E-state index in [0.29, 0.717) is 0 Å². The van der Waals surface area contributed by atoms with Crippen molar-refractivity contribution in [1.29, 1.82) is 0 Å². The number of rotatable bonds is 4. The number of hydrogen-bond donors (Lipinski definition) is 0. The van der Waals surface area contributed by atoms with Crippen LogP contribution in [0, 0.1) is 4.51 Å². The van der Waals surface area contributed by atoms with Gasteiger partial charge < -0.3 is 4.42 Å². The van der Waals surface area contributed by atoms with Gasteiger partial charge in [-0.15, -0.1) is 0 Å². The van der Waals surface area contributed by atoms with Gasteiger partial charge in [0.05, 0.1) is 4.51 Å². The van der Waals surface area contributed by atoms with E-state index in [1.165, 1.54) is 20.0 Å². The fourth-order valence-electron chi connectivity index (χ4n) is 3.29. The Morgan fingerprint density at radius 3 is 1.40 bits per heavy atom. The molecule has 0 aliphatic carbocycles.